The smallest absolute Gasteiger partial charge is 0.348 e. The summed E-state index contributed by atoms with van der Waals surface area (Å²) < 4.78 is 44.4. The van der Waals surface area contributed by atoms with Gasteiger partial charge < -0.3 is 9.30 Å². The van der Waals surface area contributed by atoms with Gasteiger partial charge in [0.05, 0.1) is 4.90 Å². The van der Waals surface area contributed by atoms with Crippen LogP contribution >= 0.6 is 11.3 Å². The van der Waals surface area contributed by atoms with Crippen LogP contribution in [0.5, 0.6) is 0 Å². The number of sulfonamides is 1. The van der Waals surface area contributed by atoms with Gasteiger partial charge in [-0.2, -0.15) is 0 Å². The van der Waals surface area contributed by atoms with Gasteiger partial charge in [0.15, 0.2) is 6.61 Å². The molecule has 2 aromatic heterocycles. The number of ether oxygens (including phenoxy) is 1. The van der Waals surface area contributed by atoms with Crippen molar-refractivity contribution in [3.63, 3.8) is 0 Å². The lowest BCUT2D eigenvalue weighted by atomic mass is 10.1. The van der Waals surface area contributed by atoms with Crippen molar-refractivity contribution in [2.75, 3.05) is 6.61 Å². The standard InChI is InChI=1S/C23H19FN2O5S2/c1-13-10-17(14(2)26(13)15-6-8-16(9-7-15)33(25,29)30)20(27)12-31-23(28)22-11-18-19(24)4-3-5-21(18)32-22/h3-11H,12H2,1-2H3,(H2,25,29,30). The molecule has 2 N–H and O–H groups in total. The summed E-state index contributed by atoms with van der Waals surface area (Å²) in [6.45, 7) is 3.07. The molecule has 0 aliphatic carbocycles. The number of hydrogen-bond donors (Lipinski definition) is 1. The highest BCUT2D eigenvalue weighted by molar-refractivity contribution is 7.89. The number of primary sulfonamides is 1. The molecule has 0 unspecified atom stereocenters. The first-order chi connectivity index (χ1) is 15.6. The third kappa shape index (κ3) is 4.45. The number of carbonyl (C=O) groups is 2. The number of aromatic nitrogens is 1. The predicted octanol–water partition coefficient (Wildman–Crippen LogP) is 4.14. The fourth-order valence-corrected chi connectivity index (χ4v) is 5.12. The Morgan fingerprint density at radius 3 is 2.42 bits per heavy atom. The molecule has 0 atom stereocenters. The molecule has 0 aliphatic heterocycles. The third-order valence-corrected chi connectivity index (χ3v) is 7.21. The Labute approximate surface area is 193 Å². The van der Waals surface area contributed by atoms with Gasteiger partial charge in [-0.1, -0.05) is 6.07 Å². The second-order valence-electron chi connectivity index (χ2n) is 7.42. The van der Waals surface area contributed by atoms with Gasteiger partial charge in [-0.15, -0.1) is 11.3 Å². The number of ketones is 1. The second-order valence-corrected chi connectivity index (χ2v) is 10.1. The van der Waals surface area contributed by atoms with E-state index in [0.29, 0.717) is 27.0 Å². The summed E-state index contributed by atoms with van der Waals surface area (Å²) in [6.07, 6.45) is 0. The van der Waals surface area contributed by atoms with E-state index in [1.165, 1.54) is 24.3 Å². The molecular weight excluding hydrogens is 467 g/mol. The molecule has 0 fully saturated rings. The lowest BCUT2D eigenvalue weighted by molar-refractivity contribution is 0.0479. The molecular formula is C23H19FN2O5S2. The van der Waals surface area contributed by atoms with Gasteiger partial charge in [-0.3, -0.25) is 4.79 Å². The maximum absolute atomic E-state index is 13.9. The lowest BCUT2D eigenvalue weighted by Gasteiger charge is -2.10. The van der Waals surface area contributed by atoms with Gasteiger partial charge in [0.1, 0.15) is 10.7 Å². The van der Waals surface area contributed by atoms with Gasteiger partial charge >= 0.3 is 5.97 Å². The van der Waals surface area contributed by atoms with Crippen LogP contribution in [0.3, 0.4) is 0 Å². The largest absolute Gasteiger partial charge is 0.453 e. The van der Waals surface area contributed by atoms with Crippen molar-refractivity contribution >= 4 is 43.2 Å². The Morgan fingerprint density at radius 2 is 1.79 bits per heavy atom. The SMILES string of the molecule is Cc1cc(C(=O)COC(=O)c2cc3c(F)cccc3s2)c(C)n1-c1ccc(S(N)(=O)=O)cc1. The van der Waals surface area contributed by atoms with E-state index in [9.17, 15) is 22.4 Å². The number of Topliss-reactive ketones (excluding diaryl/α,β-unsaturated/α-hetero) is 1. The molecule has 0 bridgehead atoms. The molecule has 0 aliphatic rings. The number of aryl methyl sites for hydroxylation is 1. The summed E-state index contributed by atoms with van der Waals surface area (Å²) in [7, 11) is -3.81. The molecule has 10 heteroatoms. The third-order valence-electron chi connectivity index (χ3n) is 5.20. The minimum absolute atomic E-state index is 0.0157. The number of nitrogens with two attached hydrogens (primary N) is 1. The quantitative estimate of drug-likeness (QED) is 0.326. The van der Waals surface area contributed by atoms with Crippen LogP contribution in [-0.2, 0) is 14.8 Å². The highest BCUT2D eigenvalue weighted by Crippen LogP contribution is 2.28. The number of carbonyl (C=O) groups excluding carboxylic acids is 2. The van der Waals surface area contributed by atoms with Crippen LogP contribution in [0.4, 0.5) is 4.39 Å². The number of rotatable bonds is 6. The van der Waals surface area contributed by atoms with Gasteiger partial charge in [-0.05, 0) is 62.4 Å². The molecule has 0 radical (unpaired) electrons. The summed E-state index contributed by atoms with van der Waals surface area (Å²) >= 11 is 1.10. The molecule has 2 aromatic carbocycles. The van der Waals surface area contributed by atoms with E-state index in [4.69, 9.17) is 9.88 Å². The number of thiophene rings is 1. The zero-order valence-electron chi connectivity index (χ0n) is 17.7. The Hall–Kier alpha value is -3.34. The average molecular weight is 487 g/mol. The van der Waals surface area contributed by atoms with Crippen LogP contribution in [0.2, 0.25) is 0 Å². The van der Waals surface area contributed by atoms with Crippen molar-refractivity contribution in [3.8, 4) is 5.69 Å². The van der Waals surface area contributed by atoms with E-state index in [-0.39, 0.29) is 9.77 Å². The molecule has 4 rings (SSSR count). The van der Waals surface area contributed by atoms with Crippen LogP contribution in [0.15, 0.2) is 59.5 Å². The second kappa shape index (κ2) is 8.54. The van der Waals surface area contributed by atoms with Gasteiger partial charge in [0.2, 0.25) is 15.8 Å². The molecule has 2 heterocycles. The fraction of sp³-hybridized carbons (Fsp3) is 0.130. The Kier molecular flexibility index (Phi) is 5.91. The Balaban J connectivity index is 1.52. The summed E-state index contributed by atoms with van der Waals surface area (Å²) in [5.74, 6) is -1.52. The maximum Gasteiger partial charge on any atom is 0.348 e. The normalized spacial score (nSPS) is 11.6. The van der Waals surface area contributed by atoms with E-state index in [1.807, 2.05) is 0 Å². The summed E-state index contributed by atoms with van der Waals surface area (Å²) in [5.41, 5.74) is 2.38. The summed E-state index contributed by atoms with van der Waals surface area (Å²) in [6, 6.07) is 13.6. The molecule has 0 amide bonds. The number of hydrogen-bond acceptors (Lipinski definition) is 6. The maximum atomic E-state index is 13.9. The zero-order chi connectivity index (χ0) is 23.9. The number of benzene rings is 2. The molecule has 0 spiro atoms. The summed E-state index contributed by atoms with van der Waals surface area (Å²) in [4.78, 5) is 25.4. The van der Waals surface area contributed by atoms with E-state index in [0.717, 1.165) is 17.0 Å². The average Bonchev–Trinajstić information content (AvgIpc) is 3.33. The molecule has 7 nitrogen and oxygen atoms in total. The van der Waals surface area contributed by atoms with Crippen LogP contribution in [-0.4, -0.2) is 31.3 Å². The molecule has 170 valence electrons. The molecule has 0 saturated carbocycles. The highest BCUT2D eigenvalue weighted by Gasteiger charge is 2.20. The van der Waals surface area contributed by atoms with Gasteiger partial charge in [0, 0.05) is 32.7 Å². The fourth-order valence-electron chi connectivity index (χ4n) is 3.63. The van der Waals surface area contributed by atoms with Crippen LogP contribution < -0.4 is 5.14 Å². The van der Waals surface area contributed by atoms with E-state index in [2.05, 4.69) is 0 Å². The number of halogens is 1. The zero-order valence-corrected chi connectivity index (χ0v) is 19.3. The monoisotopic (exact) mass is 486 g/mol. The molecule has 4 aromatic rings. The van der Waals surface area contributed by atoms with Crippen molar-refractivity contribution in [1.29, 1.82) is 0 Å². The van der Waals surface area contributed by atoms with Crippen molar-refractivity contribution in [3.05, 3.63) is 82.2 Å². The first-order valence-corrected chi connectivity index (χ1v) is 12.1. The minimum Gasteiger partial charge on any atom is -0.453 e. The van der Waals surface area contributed by atoms with Crippen molar-refractivity contribution in [2.24, 2.45) is 5.14 Å². The highest BCUT2D eigenvalue weighted by atomic mass is 32.2. The summed E-state index contributed by atoms with van der Waals surface area (Å²) in [5, 5.41) is 5.47. The van der Waals surface area contributed by atoms with Gasteiger partial charge in [-0.25, -0.2) is 22.7 Å². The Morgan fingerprint density at radius 1 is 1.09 bits per heavy atom. The minimum atomic E-state index is -3.81. The lowest BCUT2D eigenvalue weighted by Crippen LogP contribution is -2.14. The number of nitrogens with zero attached hydrogens (tertiary/aromatic N) is 1. The number of esters is 1. The van der Waals surface area contributed by atoms with Crippen LogP contribution in [0, 0.1) is 19.7 Å². The number of fused-ring (bicyclic) bond motifs is 1. The Bertz CT molecular complexity index is 1500. The molecule has 33 heavy (non-hydrogen) atoms. The van der Waals surface area contributed by atoms with Crippen LogP contribution in [0.1, 0.15) is 31.4 Å². The van der Waals surface area contributed by atoms with Crippen molar-refractivity contribution < 1.29 is 27.1 Å². The van der Waals surface area contributed by atoms with E-state index < -0.39 is 34.2 Å². The molecule has 0 saturated heterocycles. The topological polar surface area (TPSA) is 108 Å². The first-order valence-electron chi connectivity index (χ1n) is 9.77. The van der Waals surface area contributed by atoms with Crippen molar-refractivity contribution in [1.82, 2.24) is 4.57 Å². The van der Waals surface area contributed by atoms with E-state index >= 15 is 0 Å². The predicted molar refractivity (Wildman–Crippen MR) is 123 cm³/mol. The van der Waals surface area contributed by atoms with Crippen LogP contribution in [0.25, 0.3) is 15.8 Å². The van der Waals surface area contributed by atoms with Gasteiger partial charge in [0.25, 0.3) is 0 Å². The van der Waals surface area contributed by atoms with E-state index in [1.54, 1.807) is 48.7 Å². The first kappa shape index (κ1) is 22.8. The van der Waals surface area contributed by atoms with Crippen molar-refractivity contribution in [2.45, 2.75) is 18.7 Å².